The summed E-state index contributed by atoms with van der Waals surface area (Å²) in [4.78, 5) is 30.3. The number of carbonyl (C=O) groups is 2. The molecule has 1 aromatic heterocycles. The van der Waals surface area contributed by atoms with Crippen molar-refractivity contribution in [1.82, 2.24) is 24.6 Å². The second kappa shape index (κ2) is 14.3. The first kappa shape index (κ1) is 29.6. The quantitative estimate of drug-likeness (QED) is 0.150. The summed E-state index contributed by atoms with van der Waals surface area (Å²) in [5, 5.41) is 9.87. The Balaban J connectivity index is 1.11. The van der Waals surface area contributed by atoms with Crippen LogP contribution in [-0.4, -0.2) is 67.8 Å². The van der Waals surface area contributed by atoms with E-state index in [1.54, 1.807) is 11.8 Å². The molecule has 2 atom stereocenters. The summed E-state index contributed by atoms with van der Waals surface area (Å²) in [6, 6.07) is 30.3. The van der Waals surface area contributed by atoms with Crippen molar-refractivity contribution in [3.8, 4) is 17.1 Å². The number of aromatic nitrogens is 3. The number of unbranched alkanes of at least 4 members (excludes halogenated alkanes) is 1. The smallest absolute Gasteiger partial charge is 0.230 e. The van der Waals surface area contributed by atoms with Crippen LogP contribution >= 0.6 is 11.8 Å². The normalized spacial score (nSPS) is 15.9. The molecule has 2 heterocycles. The van der Waals surface area contributed by atoms with Crippen molar-refractivity contribution in [2.45, 2.75) is 56.6 Å². The molecule has 42 heavy (non-hydrogen) atoms. The fourth-order valence-electron chi connectivity index (χ4n) is 5.60. The fourth-order valence-corrected chi connectivity index (χ4v) is 6.55. The van der Waals surface area contributed by atoms with E-state index in [0.29, 0.717) is 26.1 Å². The van der Waals surface area contributed by atoms with Gasteiger partial charge in [-0.05, 0) is 43.9 Å². The maximum absolute atomic E-state index is 13.4. The average molecular weight is 582 g/mol. The molecule has 0 radical (unpaired) electrons. The van der Waals surface area contributed by atoms with E-state index in [4.69, 9.17) is 0 Å². The second-order valence-electron chi connectivity index (χ2n) is 10.7. The number of hydrogen-bond donors (Lipinski definition) is 0. The SMILES string of the molecule is CCC(C(=O)N1CCN(C(=O)CCCCSc2nnc(-c3ccccc3)n2-c2ccccc2)CC1C)c1ccccc1. The van der Waals surface area contributed by atoms with Crippen LogP contribution < -0.4 is 0 Å². The van der Waals surface area contributed by atoms with E-state index in [1.807, 2.05) is 88.7 Å². The van der Waals surface area contributed by atoms with E-state index in [-0.39, 0.29) is 23.8 Å². The summed E-state index contributed by atoms with van der Waals surface area (Å²) in [5.74, 6) is 1.88. The van der Waals surface area contributed by atoms with Gasteiger partial charge in [0.2, 0.25) is 11.8 Å². The van der Waals surface area contributed by atoms with Crippen LogP contribution in [0.3, 0.4) is 0 Å². The molecule has 0 bridgehead atoms. The van der Waals surface area contributed by atoms with Gasteiger partial charge in [0.05, 0.1) is 5.92 Å². The average Bonchev–Trinajstić information content (AvgIpc) is 3.46. The Kier molecular flexibility index (Phi) is 10.1. The van der Waals surface area contributed by atoms with E-state index in [1.165, 1.54) is 0 Å². The molecule has 5 rings (SSSR count). The highest BCUT2D eigenvalue weighted by Crippen LogP contribution is 2.29. The third-order valence-corrected chi connectivity index (χ3v) is 8.88. The highest BCUT2D eigenvalue weighted by Gasteiger charge is 2.33. The molecular formula is C34H39N5O2S. The number of carbonyl (C=O) groups excluding carboxylic acids is 2. The standard InChI is InChI=1S/C34H39N5O2S/c1-3-30(27-15-7-4-8-16-27)33(41)38-23-22-37(25-26(38)2)31(40)21-13-14-24-42-34-36-35-32(28-17-9-5-10-18-28)39(34)29-19-11-6-12-20-29/h4-12,15-20,26,30H,3,13-14,21-25H2,1-2H3. The van der Waals surface area contributed by atoms with Crippen LogP contribution in [0.4, 0.5) is 0 Å². The van der Waals surface area contributed by atoms with Gasteiger partial charge in [-0.1, -0.05) is 97.5 Å². The van der Waals surface area contributed by atoms with Crippen molar-refractivity contribution in [2.24, 2.45) is 0 Å². The third kappa shape index (κ3) is 6.93. The predicted octanol–water partition coefficient (Wildman–Crippen LogP) is 6.45. The van der Waals surface area contributed by atoms with Crippen molar-refractivity contribution < 1.29 is 9.59 Å². The number of nitrogens with zero attached hydrogens (tertiary/aromatic N) is 5. The second-order valence-corrected chi connectivity index (χ2v) is 11.8. The summed E-state index contributed by atoms with van der Waals surface area (Å²) in [7, 11) is 0. The monoisotopic (exact) mass is 581 g/mol. The number of rotatable bonds is 11. The van der Waals surface area contributed by atoms with Gasteiger partial charge in [-0.2, -0.15) is 0 Å². The molecule has 218 valence electrons. The maximum atomic E-state index is 13.4. The Morgan fingerprint density at radius 2 is 1.55 bits per heavy atom. The van der Waals surface area contributed by atoms with E-state index in [9.17, 15) is 9.59 Å². The summed E-state index contributed by atoms with van der Waals surface area (Å²) < 4.78 is 2.11. The van der Waals surface area contributed by atoms with Gasteiger partial charge < -0.3 is 9.80 Å². The molecule has 2 amide bonds. The first-order chi connectivity index (χ1) is 20.6. The van der Waals surface area contributed by atoms with Crippen LogP contribution in [0, 0.1) is 0 Å². The summed E-state index contributed by atoms with van der Waals surface area (Å²) in [6.07, 6.45) is 3.00. The van der Waals surface area contributed by atoms with Gasteiger partial charge in [0, 0.05) is 49.1 Å². The van der Waals surface area contributed by atoms with Crippen LogP contribution in [0.15, 0.2) is 96.2 Å². The van der Waals surface area contributed by atoms with Crippen LogP contribution in [-0.2, 0) is 9.59 Å². The molecule has 3 aromatic carbocycles. The van der Waals surface area contributed by atoms with Crippen molar-refractivity contribution in [3.05, 3.63) is 96.6 Å². The molecular weight excluding hydrogens is 542 g/mol. The minimum Gasteiger partial charge on any atom is -0.339 e. The molecule has 1 fully saturated rings. The van der Waals surface area contributed by atoms with E-state index in [2.05, 4.69) is 40.7 Å². The van der Waals surface area contributed by atoms with E-state index >= 15 is 0 Å². The van der Waals surface area contributed by atoms with Crippen molar-refractivity contribution in [1.29, 1.82) is 0 Å². The van der Waals surface area contributed by atoms with Crippen molar-refractivity contribution in [3.63, 3.8) is 0 Å². The lowest BCUT2D eigenvalue weighted by molar-refractivity contribution is -0.143. The van der Waals surface area contributed by atoms with E-state index < -0.39 is 0 Å². The van der Waals surface area contributed by atoms with Gasteiger partial charge in [-0.15, -0.1) is 10.2 Å². The molecule has 1 aliphatic heterocycles. The lowest BCUT2D eigenvalue weighted by Gasteiger charge is -2.41. The number of benzene rings is 3. The molecule has 7 nitrogen and oxygen atoms in total. The van der Waals surface area contributed by atoms with Crippen LogP contribution in [0.5, 0.6) is 0 Å². The van der Waals surface area contributed by atoms with Crippen molar-refractivity contribution in [2.75, 3.05) is 25.4 Å². The first-order valence-electron chi connectivity index (χ1n) is 14.9. The molecule has 0 spiro atoms. The number of thioether (sulfide) groups is 1. The zero-order valence-electron chi connectivity index (χ0n) is 24.4. The van der Waals surface area contributed by atoms with Crippen LogP contribution in [0.2, 0.25) is 0 Å². The molecule has 0 aliphatic carbocycles. The summed E-state index contributed by atoms with van der Waals surface area (Å²) in [5.41, 5.74) is 3.11. The molecule has 2 unspecified atom stereocenters. The molecule has 8 heteroatoms. The summed E-state index contributed by atoms with van der Waals surface area (Å²) in [6.45, 7) is 5.89. The van der Waals surface area contributed by atoms with Gasteiger partial charge >= 0.3 is 0 Å². The zero-order chi connectivity index (χ0) is 29.3. The highest BCUT2D eigenvalue weighted by molar-refractivity contribution is 7.99. The van der Waals surface area contributed by atoms with Gasteiger partial charge in [-0.3, -0.25) is 14.2 Å². The topological polar surface area (TPSA) is 71.3 Å². The molecule has 0 N–H and O–H groups in total. The lowest BCUT2D eigenvalue weighted by atomic mass is 9.94. The van der Waals surface area contributed by atoms with Crippen molar-refractivity contribution >= 4 is 23.6 Å². The Bertz CT molecular complexity index is 1440. The minimum atomic E-state index is -0.134. The maximum Gasteiger partial charge on any atom is 0.230 e. The number of piperazine rings is 1. The predicted molar refractivity (Wildman–Crippen MR) is 169 cm³/mol. The first-order valence-corrected chi connectivity index (χ1v) is 15.9. The highest BCUT2D eigenvalue weighted by atomic mass is 32.2. The Morgan fingerprint density at radius 1 is 0.881 bits per heavy atom. The fraction of sp³-hybridized carbons (Fsp3) is 0.353. The number of hydrogen-bond acceptors (Lipinski definition) is 5. The number of amides is 2. The molecule has 1 aliphatic rings. The Morgan fingerprint density at radius 3 is 2.21 bits per heavy atom. The Hall–Kier alpha value is -3.91. The zero-order valence-corrected chi connectivity index (χ0v) is 25.2. The van der Waals surface area contributed by atoms with Gasteiger partial charge in [-0.25, -0.2) is 0 Å². The van der Waals surface area contributed by atoms with Gasteiger partial charge in [0.25, 0.3) is 0 Å². The molecule has 1 saturated heterocycles. The Labute approximate surface area is 252 Å². The van der Waals surface area contributed by atoms with Crippen LogP contribution in [0.1, 0.15) is 51.0 Å². The van der Waals surface area contributed by atoms with Gasteiger partial charge in [0.15, 0.2) is 11.0 Å². The minimum absolute atomic E-state index is 0.00618. The molecule has 4 aromatic rings. The van der Waals surface area contributed by atoms with Gasteiger partial charge in [0.1, 0.15) is 0 Å². The van der Waals surface area contributed by atoms with Crippen LogP contribution in [0.25, 0.3) is 17.1 Å². The summed E-state index contributed by atoms with van der Waals surface area (Å²) >= 11 is 1.67. The number of para-hydroxylation sites is 1. The lowest BCUT2D eigenvalue weighted by Crippen LogP contribution is -2.56. The largest absolute Gasteiger partial charge is 0.339 e. The van der Waals surface area contributed by atoms with E-state index in [0.717, 1.165) is 52.8 Å². The molecule has 0 saturated carbocycles. The third-order valence-electron chi connectivity index (χ3n) is 7.87.